The van der Waals surface area contributed by atoms with Crippen LogP contribution in [-0.4, -0.2) is 50.1 Å². The first-order chi connectivity index (χ1) is 18.9. The number of hydrogen-bond acceptors (Lipinski definition) is 7. The Balaban J connectivity index is 1.57. The number of halogens is 6. The number of morpholine rings is 1. The van der Waals surface area contributed by atoms with E-state index in [0.717, 1.165) is 18.2 Å². The highest BCUT2D eigenvalue weighted by Crippen LogP contribution is 2.37. The monoisotopic (exact) mass is 562 g/mol. The van der Waals surface area contributed by atoms with Gasteiger partial charge in [-0.25, -0.2) is 15.0 Å². The van der Waals surface area contributed by atoms with Crippen LogP contribution >= 0.6 is 0 Å². The number of anilines is 2. The normalized spacial score (nSPS) is 18.7. The van der Waals surface area contributed by atoms with Gasteiger partial charge in [0.1, 0.15) is 11.3 Å². The van der Waals surface area contributed by atoms with E-state index in [1.807, 2.05) is 13.8 Å². The zero-order chi connectivity index (χ0) is 28.7. The van der Waals surface area contributed by atoms with Gasteiger partial charge < -0.3 is 10.1 Å². The van der Waals surface area contributed by atoms with Gasteiger partial charge >= 0.3 is 12.4 Å². The van der Waals surface area contributed by atoms with E-state index in [0.29, 0.717) is 31.1 Å². The minimum absolute atomic E-state index is 0.0211. The van der Waals surface area contributed by atoms with Gasteiger partial charge in [-0.3, -0.25) is 9.88 Å². The molecule has 0 amide bonds. The molecule has 1 aliphatic heterocycles. The topological polar surface area (TPSA) is 76.1 Å². The minimum Gasteiger partial charge on any atom is -0.373 e. The highest BCUT2D eigenvalue weighted by atomic mass is 19.4. The van der Waals surface area contributed by atoms with Gasteiger partial charge in [0, 0.05) is 36.7 Å². The van der Waals surface area contributed by atoms with Crippen LogP contribution in [0, 0.1) is 0 Å². The highest BCUT2D eigenvalue weighted by molar-refractivity contribution is 5.89. The standard InChI is InChI=1S/C27H24F6N6O/c1-15-12-39(13-16(2)40-15)14-22-37-21-10-17(23-20(27(31,32)33)4-3-9-34-23)11-35-24(21)25(38-22)36-19-7-5-18(6-8-19)26(28,29)30/h3-11,15-16H,12-14H2,1-2H3,(H,36,37,38)/t15-,16-/m0/s1. The van der Waals surface area contributed by atoms with Gasteiger partial charge in [0.2, 0.25) is 0 Å². The lowest BCUT2D eigenvalue weighted by Crippen LogP contribution is -2.45. The molecular formula is C27H24F6N6O. The predicted molar refractivity (Wildman–Crippen MR) is 136 cm³/mol. The summed E-state index contributed by atoms with van der Waals surface area (Å²) in [6.45, 7) is 5.45. The van der Waals surface area contributed by atoms with E-state index in [1.165, 1.54) is 36.7 Å². The molecular weight excluding hydrogens is 538 g/mol. The second-order valence-electron chi connectivity index (χ2n) is 9.63. The molecule has 0 aliphatic carbocycles. The molecule has 4 heterocycles. The van der Waals surface area contributed by atoms with Crippen molar-refractivity contribution in [3.63, 3.8) is 0 Å². The second kappa shape index (κ2) is 10.6. The summed E-state index contributed by atoms with van der Waals surface area (Å²) in [5.74, 6) is 0.567. The number of nitrogens with zero attached hydrogens (tertiary/aromatic N) is 5. The molecule has 3 aromatic heterocycles. The predicted octanol–water partition coefficient (Wildman–Crippen LogP) is 6.48. The van der Waals surface area contributed by atoms with Crippen LogP contribution in [-0.2, 0) is 23.6 Å². The van der Waals surface area contributed by atoms with Crippen molar-refractivity contribution in [1.82, 2.24) is 24.8 Å². The number of alkyl halides is 6. The molecule has 1 aromatic carbocycles. The van der Waals surface area contributed by atoms with E-state index in [1.54, 1.807) is 0 Å². The average molecular weight is 563 g/mol. The van der Waals surface area contributed by atoms with Crippen molar-refractivity contribution in [2.24, 2.45) is 0 Å². The van der Waals surface area contributed by atoms with Crippen LogP contribution in [0.4, 0.5) is 37.8 Å². The first-order valence-corrected chi connectivity index (χ1v) is 12.4. The summed E-state index contributed by atoms with van der Waals surface area (Å²) in [6, 6.07) is 8.00. The lowest BCUT2D eigenvalue weighted by Gasteiger charge is -2.34. The van der Waals surface area contributed by atoms with E-state index < -0.39 is 23.5 Å². The Labute approximate surface area is 225 Å². The number of hydrogen-bond donors (Lipinski definition) is 1. The molecule has 0 spiro atoms. The summed E-state index contributed by atoms with van der Waals surface area (Å²) in [6.07, 6.45) is -6.66. The fourth-order valence-corrected chi connectivity index (χ4v) is 4.71. The van der Waals surface area contributed by atoms with Gasteiger partial charge in [0.05, 0.1) is 41.1 Å². The zero-order valence-corrected chi connectivity index (χ0v) is 21.4. The molecule has 0 radical (unpaired) electrons. The lowest BCUT2D eigenvalue weighted by molar-refractivity contribution is -0.138. The zero-order valence-electron chi connectivity index (χ0n) is 21.4. The number of nitrogens with one attached hydrogen (secondary N) is 1. The number of fused-ring (bicyclic) bond motifs is 1. The summed E-state index contributed by atoms with van der Waals surface area (Å²) in [7, 11) is 0. The molecule has 5 rings (SSSR count). The van der Waals surface area contributed by atoms with Gasteiger partial charge in [-0.15, -0.1) is 0 Å². The van der Waals surface area contributed by atoms with Gasteiger partial charge in [-0.1, -0.05) is 0 Å². The number of ether oxygens (including phenoxy) is 1. The van der Waals surface area contributed by atoms with Crippen LogP contribution in [0.5, 0.6) is 0 Å². The Kier molecular flexibility index (Phi) is 7.36. The van der Waals surface area contributed by atoms with Crippen molar-refractivity contribution in [2.75, 3.05) is 18.4 Å². The molecule has 4 aromatic rings. The van der Waals surface area contributed by atoms with E-state index in [4.69, 9.17) is 4.74 Å². The van der Waals surface area contributed by atoms with Crippen molar-refractivity contribution < 1.29 is 31.1 Å². The summed E-state index contributed by atoms with van der Waals surface area (Å²) < 4.78 is 85.8. The molecule has 7 nitrogen and oxygen atoms in total. The molecule has 1 fully saturated rings. The quantitative estimate of drug-likeness (QED) is 0.279. The first-order valence-electron chi connectivity index (χ1n) is 12.4. The maximum Gasteiger partial charge on any atom is 0.418 e. The third-order valence-electron chi connectivity index (χ3n) is 6.30. The Bertz CT molecular complexity index is 1500. The molecule has 0 bridgehead atoms. The van der Waals surface area contributed by atoms with Crippen LogP contribution in [0.2, 0.25) is 0 Å². The van der Waals surface area contributed by atoms with E-state index in [-0.39, 0.29) is 40.3 Å². The summed E-state index contributed by atoms with van der Waals surface area (Å²) >= 11 is 0. The molecule has 1 saturated heterocycles. The van der Waals surface area contributed by atoms with Gasteiger partial charge in [0.25, 0.3) is 0 Å². The lowest BCUT2D eigenvalue weighted by atomic mass is 10.1. The molecule has 1 aliphatic rings. The van der Waals surface area contributed by atoms with Crippen LogP contribution in [0.25, 0.3) is 22.3 Å². The third-order valence-corrected chi connectivity index (χ3v) is 6.30. The van der Waals surface area contributed by atoms with Crippen LogP contribution in [0.3, 0.4) is 0 Å². The molecule has 210 valence electrons. The average Bonchev–Trinajstić information content (AvgIpc) is 2.87. The van der Waals surface area contributed by atoms with Crippen molar-refractivity contribution >= 4 is 22.5 Å². The first kappa shape index (κ1) is 27.7. The summed E-state index contributed by atoms with van der Waals surface area (Å²) in [4.78, 5) is 19.6. The van der Waals surface area contributed by atoms with Crippen molar-refractivity contribution in [2.45, 2.75) is 45.0 Å². The maximum absolute atomic E-state index is 13.7. The van der Waals surface area contributed by atoms with Crippen LogP contribution in [0.15, 0.2) is 54.9 Å². The molecule has 2 atom stereocenters. The Morgan fingerprint density at radius 1 is 0.925 bits per heavy atom. The SMILES string of the molecule is C[C@H]1CN(Cc2nc(Nc3ccc(C(F)(F)F)cc3)c3ncc(-c4ncccc4C(F)(F)F)cc3n2)C[C@H](C)O1. The number of pyridine rings is 2. The van der Waals surface area contributed by atoms with E-state index >= 15 is 0 Å². The van der Waals surface area contributed by atoms with Crippen molar-refractivity contribution in [1.29, 1.82) is 0 Å². The van der Waals surface area contributed by atoms with Crippen molar-refractivity contribution in [3.8, 4) is 11.3 Å². The fourth-order valence-electron chi connectivity index (χ4n) is 4.71. The highest BCUT2D eigenvalue weighted by Gasteiger charge is 2.34. The minimum atomic E-state index is -4.63. The smallest absolute Gasteiger partial charge is 0.373 e. The largest absolute Gasteiger partial charge is 0.418 e. The molecule has 1 N–H and O–H groups in total. The molecule has 40 heavy (non-hydrogen) atoms. The van der Waals surface area contributed by atoms with E-state index in [9.17, 15) is 26.3 Å². The Morgan fingerprint density at radius 2 is 1.62 bits per heavy atom. The van der Waals surface area contributed by atoms with Crippen LogP contribution in [0.1, 0.15) is 30.8 Å². The third kappa shape index (κ3) is 6.15. The van der Waals surface area contributed by atoms with Crippen LogP contribution < -0.4 is 5.32 Å². The molecule has 0 saturated carbocycles. The molecule has 13 heteroatoms. The van der Waals surface area contributed by atoms with Gasteiger partial charge in [-0.05, 0) is 56.3 Å². The number of benzene rings is 1. The van der Waals surface area contributed by atoms with E-state index in [2.05, 4.69) is 30.2 Å². The van der Waals surface area contributed by atoms with Gasteiger partial charge in [0.15, 0.2) is 5.82 Å². The number of rotatable bonds is 5. The molecule has 0 unspecified atom stereocenters. The number of aromatic nitrogens is 4. The fraction of sp³-hybridized carbons (Fsp3) is 0.333. The van der Waals surface area contributed by atoms with Gasteiger partial charge in [-0.2, -0.15) is 26.3 Å². The maximum atomic E-state index is 13.7. The summed E-state index contributed by atoms with van der Waals surface area (Å²) in [5.41, 5.74) is -1.09. The Morgan fingerprint density at radius 3 is 2.27 bits per heavy atom. The summed E-state index contributed by atoms with van der Waals surface area (Å²) in [5, 5.41) is 3.00. The van der Waals surface area contributed by atoms with Crippen molar-refractivity contribution in [3.05, 3.63) is 71.8 Å². The Hall–Kier alpha value is -3.84. The second-order valence-corrected chi connectivity index (χ2v) is 9.63.